The number of hydrogen-bond acceptors (Lipinski definition) is 4. The summed E-state index contributed by atoms with van der Waals surface area (Å²) >= 11 is 0. The standard InChI is InChI=1S/C21H23N3O2/c25-20(14-23-10-8-17-4-1-2-5-18(17)13-23)15-26-21-7-3-6-19(12-21)24-11-9-22-16-24/h1-7,9,11-12,16,20,25H,8,10,13-15H2. The smallest absolute Gasteiger partial charge is 0.121 e. The molecular formula is C21H23N3O2. The SMILES string of the molecule is OC(COc1cccc(-n2ccnc2)c1)CN1CCc2ccccc2C1. The highest BCUT2D eigenvalue weighted by atomic mass is 16.5. The summed E-state index contributed by atoms with van der Waals surface area (Å²) in [4.78, 5) is 6.35. The first-order valence-electron chi connectivity index (χ1n) is 8.96. The molecule has 1 aliphatic rings. The van der Waals surface area contributed by atoms with Gasteiger partial charge in [-0.1, -0.05) is 30.3 Å². The Hall–Kier alpha value is -2.63. The Morgan fingerprint density at radius 2 is 2.00 bits per heavy atom. The normalized spacial score (nSPS) is 15.4. The van der Waals surface area contributed by atoms with Crippen LogP contribution < -0.4 is 4.74 Å². The summed E-state index contributed by atoms with van der Waals surface area (Å²) < 4.78 is 7.73. The summed E-state index contributed by atoms with van der Waals surface area (Å²) in [7, 11) is 0. The van der Waals surface area contributed by atoms with Gasteiger partial charge in [0.2, 0.25) is 0 Å². The number of β-amino-alcohol motifs (C(OH)–C–C–N with tert-alkyl or cyclic N) is 1. The van der Waals surface area contributed by atoms with Crippen LogP contribution in [0.1, 0.15) is 11.1 Å². The van der Waals surface area contributed by atoms with Crippen LogP contribution in [0.15, 0.2) is 67.3 Å². The van der Waals surface area contributed by atoms with E-state index in [0.717, 1.165) is 30.9 Å². The Morgan fingerprint density at radius 1 is 1.12 bits per heavy atom. The van der Waals surface area contributed by atoms with E-state index in [1.54, 1.807) is 12.5 Å². The van der Waals surface area contributed by atoms with Crippen LogP contribution in [0.25, 0.3) is 5.69 Å². The number of fused-ring (bicyclic) bond motifs is 1. The molecule has 0 amide bonds. The summed E-state index contributed by atoms with van der Waals surface area (Å²) in [6.07, 6.45) is 5.91. The van der Waals surface area contributed by atoms with Crippen molar-refractivity contribution in [3.8, 4) is 11.4 Å². The maximum atomic E-state index is 10.4. The Morgan fingerprint density at radius 3 is 2.85 bits per heavy atom. The number of imidazole rings is 1. The van der Waals surface area contributed by atoms with Crippen LogP contribution in [0, 0.1) is 0 Å². The van der Waals surface area contributed by atoms with Crippen LogP contribution >= 0.6 is 0 Å². The molecule has 1 aromatic heterocycles. The van der Waals surface area contributed by atoms with Crippen molar-refractivity contribution in [3.05, 3.63) is 78.4 Å². The van der Waals surface area contributed by atoms with Crippen molar-refractivity contribution in [2.45, 2.75) is 19.1 Å². The fraction of sp³-hybridized carbons (Fsp3) is 0.286. The van der Waals surface area contributed by atoms with Gasteiger partial charge in [0, 0.05) is 38.1 Å². The highest BCUT2D eigenvalue weighted by Crippen LogP contribution is 2.19. The molecule has 0 spiro atoms. The molecule has 0 saturated carbocycles. The number of aliphatic hydroxyl groups is 1. The van der Waals surface area contributed by atoms with Gasteiger partial charge in [0.05, 0.1) is 12.0 Å². The average Bonchev–Trinajstić information content (AvgIpc) is 3.21. The lowest BCUT2D eigenvalue weighted by atomic mass is 10.00. The maximum Gasteiger partial charge on any atom is 0.121 e. The third kappa shape index (κ3) is 3.95. The van der Waals surface area contributed by atoms with Gasteiger partial charge in [0.1, 0.15) is 18.5 Å². The molecule has 0 bridgehead atoms. The molecule has 5 nitrogen and oxygen atoms in total. The first-order valence-corrected chi connectivity index (χ1v) is 8.96. The van der Waals surface area contributed by atoms with Crippen molar-refractivity contribution in [2.75, 3.05) is 19.7 Å². The van der Waals surface area contributed by atoms with Gasteiger partial charge in [-0.3, -0.25) is 4.90 Å². The van der Waals surface area contributed by atoms with E-state index in [0.29, 0.717) is 6.54 Å². The lowest BCUT2D eigenvalue weighted by Crippen LogP contribution is -2.38. The number of hydrogen-bond donors (Lipinski definition) is 1. The molecule has 0 fully saturated rings. The Balaban J connectivity index is 1.31. The molecule has 5 heteroatoms. The largest absolute Gasteiger partial charge is 0.491 e. The highest BCUT2D eigenvalue weighted by Gasteiger charge is 2.18. The van der Waals surface area contributed by atoms with Crippen molar-refractivity contribution >= 4 is 0 Å². The van der Waals surface area contributed by atoms with Gasteiger partial charge in [0.25, 0.3) is 0 Å². The molecule has 134 valence electrons. The van der Waals surface area contributed by atoms with Gasteiger partial charge in [-0.2, -0.15) is 0 Å². The van der Waals surface area contributed by atoms with Gasteiger partial charge in [-0.15, -0.1) is 0 Å². The van der Waals surface area contributed by atoms with Crippen molar-refractivity contribution in [1.29, 1.82) is 0 Å². The Kier molecular flexibility index (Phi) is 5.00. The van der Waals surface area contributed by atoms with Crippen LogP contribution in [0.4, 0.5) is 0 Å². The van der Waals surface area contributed by atoms with Crippen LogP contribution in [0.2, 0.25) is 0 Å². The average molecular weight is 349 g/mol. The quantitative estimate of drug-likeness (QED) is 0.743. The van der Waals surface area contributed by atoms with E-state index in [9.17, 15) is 5.11 Å². The molecule has 4 rings (SSSR count). The van der Waals surface area contributed by atoms with Crippen LogP contribution in [0.3, 0.4) is 0 Å². The van der Waals surface area contributed by atoms with E-state index in [-0.39, 0.29) is 6.61 Å². The minimum Gasteiger partial charge on any atom is -0.491 e. The van der Waals surface area contributed by atoms with Crippen molar-refractivity contribution < 1.29 is 9.84 Å². The number of aliphatic hydroxyl groups excluding tert-OH is 1. The van der Waals surface area contributed by atoms with Gasteiger partial charge >= 0.3 is 0 Å². The molecule has 3 aromatic rings. The van der Waals surface area contributed by atoms with Crippen molar-refractivity contribution in [3.63, 3.8) is 0 Å². The zero-order chi connectivity index (χ0) is 17.8. The molecule has 2 heterocycles. The molecule has 0 radical (unpaired) electrons. The monoisotopic (exact) mass is 349 g/mol. The zero-order valence-electron chi connectivity index (χ0n) is 14.7. The summed E-state index contributed by atoms with van der Waals surface area (Å²) in [6.45, 7) is 2.77. The summed E-state index contributed by atoms with van der Waals surface area (Å²) in [5.74, 6) is 0.749. The van der Waals surface area contributed by atoms with Gasteiger partial charge in [-0.05, 0) is 29.7 Å². The minimum absolute atomic E-state index is 0.283. The fourth-order valence-corrected chi connectivity index (χ4v) is 3.40. The molecule has 1 unspecified atom stereocenters. The van der Waals surface area contributed by atoms with E-state index in [2.05, 4.69) is 34.1 Å². The Labute approximate surface area is 153 Å². The summed E-state index contributed by atoms with van der Waals surface area (Å²) in [6, 6.07) is 16.3. The number of ether oxygens (including phenoxy) is 1. The molecule has 1 N–H and O–H groups in total. The minimum atomic E-state index is -0.517. The summed E-state index contributed by atoms with van der Waals surface area (Å²) in [5, 5.41) is 10.4. The number of benzene rings is 2. The second kappa shape index (κ2) is 7.72. The van der Waals surface area contributed by atoms with E-state index in [4.69, 9.17) is 4.74 Å². The van der Waals surface area contributed by atoms with E-state index in [1.165, 1.54) is 11.1 Å². The fourth-order valence-electron chi connectivity index (χ4n) is 3.40. The maximum absolute atomic E-state index is 10.4. The van der Waals surface area contributed by atoms with Crippen LogP contribution in [0.5, 0.6) is 5.75 Å². The zero-order valence-corrected chi connectivity index (χ0v) is 14.7. The molecule has 26 heavy (non-hydrogen) atoms. The molecule has 1 atom stereocenters. The number of nitrogens with zero attached hydrogens (tertiary/aromatic N) is 3. The first-order chi connectivity index (χ1) is 12.8. The van der Waals surface area contributed by atoms with Crippen molar-refractivity contribution in [2.24, 2.45) is 0 Å². The molecule has 1 aliphatic heterocycles. The highest BCUT2D eigenvalue weighted by molar-refractivity contribution is 5.39. The molecule has 0 aliphatic carbocycles. The predicted octanol–water partition coefficient (Wildman–Crippen LogP) is 2.67. The van der Waals surface area contributed by atoms with Crippen LogP contribution in [-0.2, 0) is 13.0 Å². The van der Waals surface area contributed by atoms with Gasteiger partial charge in [0.15, 0.2) is 0 Å². The van der Waals surface area contributed by atoms with Crippen LogP contribution in [-0.4, -0.2) is 45.4 Å². The third-order valence-corrected chi connectivity index (χ3v) is 4.74. The van der Waals surface area contributed by atoms with Gasteiger partial charge < -0.3 is 14.4 Å². The van der Waals surface area contributed by atoms with E-state index in [1.807, 2.05) is 35.0 Å². The molecule has 2 aromatic carbocycles. The number of rotatable bonds is 6. The predicted molar refractivity (Wildman–Crippen MR) is 100 cm³/mol. The molecular weight excluding hydrogens is 326 g/mol. The topological polar surface area (TPSA) is 50.5 Å². The number of aromatic nitrogens is 2. The lowest BCUT2D eigenvalue weighted by Gasteiger charge is -2.30. The molecule has 0 saturated heterocycles. The lowest BCUT2D eigenvalue weighted by molar-refractivity contribution is 0.0638. The summed E-state index contributed by atoms with van der Waals surface area (Å²) in [5.41, 5.74) is 3.77. The van der Waals surface area contributed by atoms with E-state index >= 15 is 0 Å². The van der Waals surface area contributed by atoms with Crippen molar-refractivity contribution in [1.82, 2.24) is 14.5 Å². The Bertz CT molecular complexity index is 848. The second-order valence-corrected chi connectivity index (χ2v) is 6.69. The van der Waals surface area contributed by atoms with Gasteiger partial charge in [-0.25, -0.2) is 4.98 Å². The third-order valence-electron chi connectivity index (χ3n) is 4.74. The first kappa shape index (κ1) is 16.8. The van der Waals surface area contributed by atoms with E-state index < -0.39 is 6.10 Å². The second-order valence-electron chi connectivity index (χ2n) is 6.69.